The molecule has 0 saturated heterocycles. The Morgan fingerprint density at radius 3 is 2.90 bits per heavy atom. The topological polar surface area (TPSA) is 85.8 Å². The van der Waals surface area contributed by atoms with Crippen molar-refractivity contribution in [1.82, 2.24) is 14.8 Å². The largest absolute Gasteiger partial charge is 0.395 e. The monoisotopic (exact) mass is 305 g/mol. The first-order valence-electron chi connectivity index (χ1n) is 7.23. The van der Waals surface area contributed by atoms with E-state index in [9.17, 15) is 4.79 Å². The van der Waals surface area contributed by atoms with Gasteiger partial charge in [0.25, 0.3) is 5.91 Å². The smallest absolute Gasteiger partial charge is 0.277 e. The van der Waals surface area contributed by atoms with Crippen molar-refractivity contribution in [3.63, 3.8) is 0 Å². The van der Waals surface area contributed by atoms with Crippen molar-refractivity contribution in [2.75, 3.05) is 11.1 Å². The first-order chi connectivity index (χ1) is 10.1. The van der Waals surface area contributed by atoms with Gasteiger partial charge in [0, 0.05) is 11.4 Å². The van der Waals surface area contributed by atoms with Gasteiger partial charge in [-0.1, -0.05) is 0 Å². The Morgan fingerprint density at radius 1 is 1.43 bits per heavy atom. The maximum absolute atomic E-state index is 12.5. The van der Waals surface area contributed by atoms with E-state index in [-0.39, 0.29) is 5.91 Å². The van der Waals surface area contributed by atoms with Crippen molar-refractivity contribution in [3.05, 3.63) is 22.0 Å². The summed E-state index contributed by atoms with van der Waals surface area (Å²) in [6.07, 6.45) is 4.46. The fourth-order valence-electron chi connectivity index (χ4n) is 2.63. The molecule has 0 aromatic carbocycles. The molecule has 112 valence electrons. The Morgan fingerprint density at radius 2 is 2.19 bits per heavy atom. The molecule has 2 heterocycles. The second-order valence-electron chi connectivity index (χ2n) is 5.21. The molecule has 0 atom stereocenters. The average molecular weight is 305 g/mol. The summed E-state index contributed by atoms with van der Waals surface area (Å²) in [5, 5.41) is 7.80. The zero-order valence-corrected chi connectivity index (χ0v) is 13.1. The van der Waals surface area contributed by atoms with Gasteiger partial charge in [0.1, 0.15) is 5.69 Å². The van der Waals surface area contributed by atoms with Crippen molar-refractivity contribution in [2.45, 2.75) is 46.1 Å². The van der Waals surface area contributed by atoms with Crippen LogP contribution in [0.3, 0.4) is 0 Å². The van der Waals surface area contributed by atoms with Gasteiger partial charge in [-0.05, 0) is 39.5 Å². The van der Waals surface area contributed by atoms with Gasteiger partial charge in [-0.2, -0.15) is 5.10 Å². The number of aryl methyl sites for hydroxylation is 4. The highest BCUT2D eigenvalue weighted by Crippen LogP contribution is 2.30. The number of nitrogens with zero attached hydrogens (tertiary/aromatic N) is 3. The van der Waals surface area contributed by atoms with Crippen LogP contribution < -0.4 is 11.1 Å². The first kappa shape index (κ1) is 14.1. The summed E-state index contributed by atoms with van der Waals surface area (Å²) in [4.78, 5) is 18.3. The van der Waals surface area contributed by atoms with Crippen LogP contribution in [-0.2, 0) is 19.4 Å². The summed E-state index contributed by atoms with van der Waals surface area (Å²) in [7, 11) is 0. The molecule has 2 aromatic heterocycles. The van der Waals surface area contributed by atoms with Crippen LogP contribution in [0.5, 0.6) is 0 Å². The van der Waals surface area contributed by atoms with Gasteiger partial charge in [0.2, 0.25) is 0 Å². The molecule has 0 spiro atoms. The Kier molecular flexibility index (Phi) is 3.67. The number of carbonyl (C=O) groups excluding carboxylic acids is 1. The first-order valence-corrected chi connectivity index (χ1v) is 8.04. The van der Waals surface area contributed by atoms with Crippen molar-refractivity contribution < 1.29 is 4.79 Å². The third-order valence-corrected chi connectivity index (χ3v) is 4.83. The zero-order valence-electron chi connectivity index (χ0n) is 12.3. The van der Waals surface area contributed by atoms with Crippen LogP contribution in [0, 0.1) is 6.92 Å². The highest BCUT2D eigenvalue weighted by molar-refractivity contribution is 7.15. The number of carbonyl (C=O) groups is 1. The molecule has 0 saturated carbocycles. The van der Waals surface area contributed by atoms with Crippen LogP contribution in [0.2, 0.25) is 0 Å². The van der Waals surface area contributed by atoms with E-state index in [2.05, 4.69) is 15.4 Å². The minimum atomic E-state index is -0.235. The SMILES string of the molecule is CCn1nc(C)c(N)c1C(=O)Nc1nc2c(s1)CCCC2. The van der Waals surface area contributed by atoms with Gasteiger partial charge >= 0.3 is 0 Å². The quantitative estimate of drug-likeness (QED) is 0.911. The Hall–Kier alpha value is -1.89. The molecule has 1 aliphatic carbocycles. The zero-order chi connectivity index (χ0) is 15.0. The standard InChI is InChI=1S/C14H19N5OS/c1-3-19-12(11(15)8(2)18-19)13(20)17-14-16-9-6-4-5-7-10(9)21-14/h3-7,15H2,1-2H3,(H,16,17,20). The number of nitrogens with two attached hydrogens (primary N) is 1. The number of hydrogen-bond donors (Lipinski definition) is 2. The van der Waals surface area contributed by atoms with Gasteiger partial charge in [-0.3, -0.25) is 14.8 Å². The van der Waals surface area contributed by atoms with Crippen molar-refractivity contribution in [3.8, 4) is 0 Å². The van der Waals surface area contributed by atoms with E-state index >= 15 is 0 Å². The van der Waals surface area contributed by atoms with E-state index in [1.165, 1.54) is 17.7 Å². The summed E-state index contributed by atoms with van der Waals surface area (Å²) in [6.45, 7) is 4.35. The number of thiazole rings is 1. The molecule has 1 amide bonds. The van der Waals surface area contributed by atoms with E-state index in [0.717, 1.165) is 18.5 Å². The number of anilines is 2. The van der Waals surface area contributed by atoms with Crippen LogP contribution in [0.25, 0.3) is 0 Å². The molecule has 7 heteroatoms. The van der Waals surface area contributed by atoms with E-state index in [0.29, 0.717) is 28.8 Å². The molecule has 1 aliphatic rings. The molecule has 21 heavy (non-hydrogen) atoms. The average Bonchev–Trinajstić information content (AvgIpc) is 2.99. The summed E-state index contributed by atoms with van der Waals surface area (Å²) < 4.78 is 1.63. The fraction of sp³-hybridized carbons (Fsp3) is 0.500. The van der Waals surface area contributed by atoms with Crippen molar-refractivity contribution in [2.24, 2.45) is 0 Å². The van der Waals surface area contributed by atoms with Gasteiger partial charge in [-0.15, -0.1) is 11.3 Å². The number of nitrogen functional groups attached to an aromatic ring is 1. The van der Waals surface area contributed by atoms with E-state index in [4.69, 9.17) is 5.73 Å². The molecule has 3 N–H and O–H groups in total. The number of nitrogens with one attached hydrogen (secondary N) is 1. The minimum absolute atomic E-state index is 0.235. The third-order valence-electron chi connectivity index (χ3n) is 3.75. The summed E-state index contributed by atoms with van der Waals surface area (Å²) in [6, 6.07) is 0. The van der Waals surface area contributed by atoms with Crippen LogP contribution >= 0.6 is 11.3 Å². The predicted molar refractivity (Wildman–Crippen MR) is 83.8 cm³/mol. The lowest BCUT2D eigenvalue weighted by atomic mass is 10.0. The molecule has 3 rings (SSSR count). The van der Waals surface area contributed by atoms with Crippen LogP contribution in [-0.4, -0.2) is 20.7 Å². The fourth-order valence-corrected chi connectivity index (χ4v) is 3.67. The molecule has 0 unspecified atom stereocenters. The van der Waals surface area contributed by atoms with Gasteiger partial charge < -0.3 is 5.73 Å². The number of aromatic nitrogens is 3. The molecular weight excluding hydrogens is 286 g/mol. The molecule has 0 aliphatic heterocycles. The second-order valence-corrected chi connectivity index (χ2v) is 6.30. The van der Waals surface area contributed by atoms with Crippen LogP contribution in [0.1, 0.15) is 46.5 Å². The minimum Gasteiger partial charge on any atom is -0.395 e. The van der Waals surface area contributed by atoms with Gasteiger partial charge in [0.05, 0.1) is 17.1 Å². The summed E-state index contributed by atoms with van der Waals surface area (Å²) >= 11 is 1.57. The summed E-state index contributed by atoms with van der Waals surface area (Å²) in [5.41, 5.74) is 8.64. The number of amides is 1. The Bertz CT molecular complexity index is 664. The Balaban J connectivity index is 1.85. The molecule has 0 fully saturated rings. The molecule has 2 aromatic rings. The maximum Gasteiger partial charge on any atom is 0.277 e. The summed E-state index contributed by atoms with van der Waals surface area (Å²) in [5.74, 6) is -0.235. The molecule has 6 nitrogen and oxygen atoms in total. The Labute approximate surface area is 127 Å². The van der Waals surface area contributed by atoms with Crippen molar-refractivity contribution in [1.29, 1.82) is 0 Å². The maximum atomic E-state index is 12.5. The predicted octanol–water partition coefficient (Wildman–Crippen LogP) is 2.38. The number of hydrogen-bond acceptors (Lipinski definition) is 5. The normalized spacial score (nSPS) is 14.0. The molecule has 0 bridgehead atoms. The van der Waals surface area contributed by atoms with E-state index < -0.39 is 0 Å². The molecular formula is C14H19N5OS. The number of rotatable bonds is 3. The molecule has 0 radical (unpaired) electrons. The lowest BCUT2D eigenvalue weighted by molar-refractivity contribution is 0.101. The van der Waals surface area contributed by atoms with Gasteiger partial charge in [-0.25, -0.2) is 4.98 Å². The highest BCUT2D eigenvalue weighted by atomic mass is 32.1. The highest BCUT2D eigenvalue weighted by Gasteiger charge is 2.21. The van der Waals surface area contributed by atoms with E-state index in [1.54, 1.807) is 22.9 Å². The lowest BCUT2D eigenvalue weighted by Gasteiger charge is -2.06. The number of fused-ring (bicyclic) bond motifs is 1. The van der Waals surface area contributed by atoms with Crippen LogP contribution in [0.4, 0.5) is 10.8 Å². The lowest BCUT2D eigenvalue weighted by Crippen LogP contribution is -2.18. The third kappa shape index (κ3) is 2.53. The second kappa shape index (κ2) is 5.48. The van der Waals surface area contributed by atoms with Crippen molar-refractivity contribution >= 4 is 28.1 Å². The van der Waals surface area contributed by atoms with Crippen LogP contribution in [0.15, 0.2) is 0 Å². The van der Waals surface area contributed by atoms with E-state index in [1.807, 2.05) is 6.92 Å². The van der Waals surface area contributed by atoms with Gasteiger partial charge in [0.15, 0.2) is 5.13 Å².